The SMILES string of the molecule is O=C(Cn1nnc(-c2ccccc2C(F)(F)F)n1)NNC(=S)Nc1ccc(Cl)c(Cl)c1. The van der Waals surface area contributed by atoms with Crippen LogP contribution in [0.5, 0.6) is 0 Å². The molecule has 0 aliphatic heterocycles. The number of carbonyl (C=O) groups excluding carboxylic acids is 1. The summed E-state index contributed by atoms with van der Waals surface area (Å²) in [6.45, 7) is -0.413. The van der Waals surface area contributed by atoms with E-state index in [1.807, 2.05) is 0 Å². The summed E-state index contributed by atoms with van der Waals surface area (Å²) in [6, 6.07) is 9.54. The zero-order valence-electron chi connectivity index (χ0n) is 15.2. The monoisotopic (exact) mass is 489 g/mol. The van der Waals surface area contributed by atoms with Crippen LogP contribution in [0.3, 0.4) is 0 Å². The highest BCUT2D eigenvalue weighted by molar-refractivity contribution is 7.80. The lowest BCUT2D eigenvalue weighted by molar-refractivity contribution is -0.137. The fourth-order valence-electron chi connectivity index (χ4n) is 2.37. The molecule has 3 aromatic rings. The first-order valence-corrected chi connectivity index (χ1v) is 9.55. The number of hydrogen-bond donors (Lipinski definition) is 3. The van der Waals surface area contributed by atoms with Crippen LogP contribution >= 0.6 is 35.4 Å². The van der Waals surface area contributed by atoms with Gasteiger partial charge in [-0.15, -0.1) is 10.2 Å². The molecule has 162 valence electrons. The maximum absolute atomic E-state index is 13.1. The average molecular weight is 490 g/mol. The normalized spacial score (nSPS) is 11.1. The van der Waals surface area contributed by atoms with E-state index in [1.165, 1.54) is 18.2 Å². The molecule has 0 saturated heterocycles. The second kappa shape index (κ2) is 9.45. The predicted octanol–water partition coefficient (Wildman–Crippen LogP) is 3.68. The third-order valence-electron chi connectivity index (χ3n) is 3.70. The van der Waals surface area contributed by atoms with Crippen molar-refractivity contribution in [2.75, 3.05) is 5.32 Å². The van der Waals surface area contributed by atoms with Crippen molar-refractivity contribution in [1.82, 2.24) is 31.1 Å². The molecule has 1 heterocycles. The van der Waals surface area contributed by atoms with Crippen LogP contribution in [0.2, 0.25) is 10.0 Å². The molecule has 0 radical (unpaired) electrons. The number of thiocarbonyl (C=S) groups is 1. The van der Waals surface area contributed by atoms with E-state index in [0.29, 0.717) is 15.7 Å². The smallest absolute Gasteiger partial charge is 0.331 e. The Morgan fingerprint density at radius 2 is 1.84 bits per heavy atom. The van der Waals surface area contributed by atoms with Gasteiger partial charge in [-0.1, -0.05) is 41.4 Å². The molecule has 1 amide bonds. The van der Waals surface area contributed by atoms with Crippen molar-refractivity contribution < 1.29 is 18.0 Å². The molecule has 0 spiro atoms. The molecule has 0 aliphatic carbocycles. The molecule has 0 unspecified atom stereocenters. The Labute approximate surface area is 188 Å². The number of aromatic nitrogens is 4. The molecule has 14 heteroatoms. The third-order valence-corrected chi connectivity index (χ3v) is 4.65. The van der Waals surface area contributed by atoms with Gasteiger partial charge in [0.25, 0.3) is 5.91 Å². The molecular weight excluding hydrogens is 478 g/mol. The fraction of sp³-hybridized carbons (Fsp3) is 0.118. The number of halogens is 5. The number of nitrogens with zero attached hydrogens (tertiary/aromatic N) is 4. The second-order valence-electron chi connectivity index (χ2n) is 5.94. The van der Waals surface area contributed by atoms with Crippen LogP contribution < -0.4 is 16.2 Å². The molecule has 31 heavy (non-hydrogen) atoms. The number of benzene rings is 2. The molecule has 0 aliphatic rings. The van der Waals surface area contributed by atoms with Crippen LogP contribution in [0.15, 0.2) is 42.5 Å². The number of amides is 1. The van der Waals surface area contributed by atoms with E-state index in [-0.39, 0.29) is 16.5 Å². The number of hydrazine groups is 1. The summed E-state index contributed by atoms with van der Waals surface area (Å²) in [7, 11) is 0. The molecular formula is C17H12Cl2F3N7OS. The maximum atomic E-state index is 13.1. The summed E-state index contributed by atoms with van der Waals surface area (Å²) in [5.41, 5.74) is 4.15. The Bertz CT molecular complexity index is 1120. The molecule has 1 aromatic heterocycles. The van der Waals surface area contributed by atoms with Gasteiger partial charge < -0.3 is 5.32 Å². The van der Waals surface area contributed by atoms with E-state index in [4.69, 9.17) is 35.4 Å². The summed E-state index contributed by atoms with van der Waals surface area (Å²) in [5.74, 6) is -0.878. The van der Waals surface area contributed by atoms with Crippen molar-refractivity contribution in [3.63, 3.8) is 0 Å². The number of nitrogens with one attached hydrogen (secondary N) is 3. The van der Waals surface area contributed by atoms with Gasteiger partial charge in [-0.2, -0.15) is 18.0 Å². The van der Waals surface area contributed by atoms with Crippen LogP contribution in [0.1, 0.15) is 5.56 Å². The van der Waals surface area contributed by atoms with Gasteiger partial charge in [-0.25, -0.2) is 0 Å². The largest absolute Gasteiger partial charge is 0.417 e. The Morgan fingerprint density at radius 3 is 2.55 bits per heavy atom. The molecule has 3 N–H and O–H groups in total. The quantitative estimate of drug-likeness (QED) is 0.379. The van der Waals surface area contributed by atoms with Gasteiger partial charge in [0.1, 0.15) is 6.54 Å². The molecule has 3 rings (SSSR count). The number of rotatable bonds is 4. The summed E-state index contributed by atoms with van der Waals surface area (Å²) < 4.78 is 39.4. The zero-order chi connectivity index (χ0) is 22.6. The minimum Gasteiger partial charge on any atom is -0.331 e. The van der Waals surface area contributed by atoms with Gasteiger partial charge in [0.05, 0.1) is 15.6 Å². The van der Waals surface area contributed by atoms with Crippen molar-refractivity contribution in [2.45, 2.75) is 12.7 Å². The van der Waals surface area contributed by atoms with Gasteiger partial charge in [0.2, 0.25) is 5.82 Å². The standard InChI is InChI=1S/C17H12Cl2F3N7OS/c18-12-6-5-9(7-13(12)19)23-16(31)26-24-14(30)8-29-27-15(25-28-29)10-3-1-2-4-11(10)17(20,21)22/h1-7H,8H2,(H,24,30)(H2,23,26,31). The van der Waals surface area contributed by atoms with E-state index >= 15 is 0 Å². The van der Waals surface area contributed by atoms with Crippen LogP contribution in [-0.4, -0.2) is 31.2 Å². The van der Waals surface area contributed by atoms with Crippen molar-refractivity contribution >= 4 is 52.1 Å². The lowest BCUT2D eigenvalue weighted by Gasteiger charge is -2.11. The van der Waals surface area contributed by atoms with Gasteiger partial charge in [0, 0.05) is 11.3 Å². The molecule has 2 aromatic carbocycles. The topological polar surface area (TPSA) is 96.8 Å². The van der Waals surface area contributed by atoms with Gasteiger partial charge in [0.15, 0.2) is 5.11 Å². The molecule has 0 bridgehead atoms. The number of tetrazole rings is 1. The zero-order valence-corrected chi connectivity index (χ0v) is 17.6. The first-order chi connectivity index (χ1) is 14.6. The van der Waals surface area contributed by atoms with E-state index in [0.717, 1.165) is 10.9 Å². The lowest BCUT2D eigenvalue weighted by Crippen LogP contribution is -2.45. The van der Waals surface area contributed by atoms with Crippen LogP contribution in [0.4, 0.5) is 18.9 Å². The summed E-state index contributed by atoms with van der Waals surface area (Å²) in [6.07, 6.45) is -4.58. The van der Waals surface area contributed by atoms with E-state index in [2.05, 4.69) is 31.6 Å². The minimum absolute atomic E-state index is 0.0538. The van der Waals surface area contributed by atoms with Crippen LogP contribution in [0, 0.1) is 0 Å². The number of anilines is 1. The summed E-state index contributed by atoms with van der Waals surface area (Å²) in [5, 5.41) is 14.6. The lowest BCUT2D eigenvalue weighted by atomic mass is 10.1. The first kappa shape index (κ1) is 22.7. The highest BCUT2D eigenvalue weighted by atomic mass is 35.5. The predicted molar refractivity (Wildman–Crippen MR) is 112 cm³/mol. The average Bonchev–Trinajstić information content (AvgIpc) is 3.17. The highest BCUT2D eigenvalue weighted by Crippen LogP contribution is 2.35. The minimum atomic E-state index is -4.58. The van der Waals surface area contributed by atoms with E-state index in [9.17, 15) is 18.0 Å². The van der Waals surface area contributed by atoms with Crippen molar-refractivity contribution in [3.05, 3.63) is 58.1 Å². The number of carbonyl (C=O) groups is 1. The Morgan fingerprint density at radius 1 is 1.10 bits per heavy atom. The van der Waals surface area contributed by atoms with Crippen molar-refractivity contribution in [1.29, 1.82) is 0 Å². The third kappa shape index (κ3) is 6.03. The Balaban J connectivity index is 1.57. The fourth-order valence-corrected chi connectivity index (χ4v) is 2.84. The maximum Gasteiger partial charge on any atom is 0.417 e. The Kier molecular flexibility index (Phi) is 6.93. The molecule has 0 saturated carbocycles. The highest BCUT2D eigenvalue weighted by Gasteiger charge is 2.34. The molecule has 0 fully saturated rings. The number of hydrogen-bond acceptors (Lipinski definition) is 5. The van der Waals surface area contributed by atoms with Crippen molar-refractivity contribution in [2.24, 2.45) is 0 Å². The van der Waals surface area contributed by atoms with Crippen LogP contribution in [0.25, 0.3) is 11.4 Å². The number of alkyl halides is 3. The van der Waals surface area contributed by atoms with Gasteiger partial charge >= 0.3 is 6.18 Å². The van der Waals surface area contributed by atoms with Gasteiger partial charge in [-0.05, 0) is 41.7 Å². The first-order valence-electron chi connectivity index (χ1n) is 8.39. The van der Waals surface area contributed by atoms with Crippen molar-refractivity contribution in [3.8, 4) is 11.4 Å². The second-order valence-corrected chi connectivity index (χ2v) is 7.17. The summed E-state index contributed by atoms with van der Waals surface area (Å²) >= 11 is 16.8. The Hall–Kier alpha value is -2.96. The molecule has 8 nitrogen and oxygen atoms in total. The van der Waals surface area contributed by atoms with Crippen LogP contribution in [-0.2, 0) is 17.5 Å². The molecule has 0 atom stereocenters. The van der Waals surface area contributed by atoms with E-state index in [1.54, 1.807) is 18.2 Å². The van der Waals surface area contributed by atoms with Gasteiger partial charge in [-0.3, -0.25) is 15.6 Å². The summed E-state index contributed by atoms with van der Waals surface area (Å²) in [4.78, 5) is 12.9. The van der Waals surface area contributed by atoms with E-state index < -0.39 is 24.2 Å².